The number of rotatable bonds is 4. The summed E-state index contributed by atoms with van der Waals surface area (Å²) in [4.78, 5) is 8.00. The SMILES string of the molecule is CNc1ncnc(Oc2ccc(F)c(Br)c2)c1OC. The van der Waals surface area contributed by atoms with Crippen LogP contribution in [0.1, 0.15) is 0 Å². The van der Waals surface area contributed by atoms with Crippen molar-refractivity contribution in [2.75, 3.05) is 19.5 Å². The van der Waals surface area contributed by atoms with Crippen LogP contribution in [0.5, 0.6) is 17.4 Å². The van der Waals surface area contributed by atoms with Crippen molar-refractivity contribution in [1.29, 1.82) is 0 Å². The second-order valence-corrected chi connectivity index (χ2v) is 4.34. The average molecular weight is 328 g/mol. The fourth-order valence-electron chi connectivity index (χ4n) is 1.44. The van der Waals surface area contributed by atoms with Crippen molar-refractivity contribution in [2.45, 2.75) is 0 Å². The van der Waals surface area contributed by atoms with E-state index in [9.17, 15) is 4.39 Å². The predicted octanol–water partition coefficient (Wildman–Crippen LogP) is 3.22. The van der Waals surface area contributed by atoms with Crippen LogP contribution in [0.15, 0.2) is 29.0 Å². The second-order valence-electron chi connectivity index (χ2n) is 3.49. The molecule has 19 heavy (non-hydrogen) atoms. The maximum atomic E-state index is 13.1. The average Bonchev–Trinajstić information content (AvgIpc) is 2.42. The summed E-state index contributed by atoms with van der Waals surface area (Å²) in [5, 5.41) is 2.87. The van der Waals surface area contributed by atoms with Gasteiger partial charge < -0.3 is 14.8 Å². The fourth-order valence-corrected chi connectivity index (χ4v) is 1.80. The third kappa shape index (κ3) is 2.93. The summed E-state index contributed by atoms with van der Waals surface area (Å²) in [7, 11) is 3.20. The Balaban J connectivity index is 2.35. The van der Waals surface area contributed by atoms with Gasteiger partial charge in [-0.05, 0) is 34.1 Å². The number of hydrogen-bond acceptors (Lipinski definition) is 5. The molecule has 1 aromatic carbocycles. The van der Waals surface area contributed by atoms with E-state index in [2.05, 4.69) is 31.2 Å². The molecule has 1 heterocycles. The van der Waals surface area contributed by atoms with Crippen LogP contribution < -0.4 is 14.8 Å². The molecule has 2 aromatic rings. The molecule has 0 spiro atoms. The first-order valence-electron chi connectivity index (χ1n) is 5.35. The van der Waals surface area contributed by atoms with Gasteiger partial charge in [-0.15, -0.1) is 0 Å². The Kier molecular flexibility index (Phi) is 4.16. The van der Waals surface area contributed by atoms with Gasteiger partial charge in [0.05, 0.1) is 11.6 Å². The van der Waals surface area contributed by atoms with E-state index in [0.29, 0.717) is 21.8 Å². The van der Waals surface area contributed by atoms with Gasteiger partial charge in [-0.1, -0.05) is 0 Å². The molecule has 0 fully saturated rings. The lowest BCUT2D eigenvalue weighted by Crippen LogP contribution is -2.01. The van der Waals surface area contributed by atoms with Crippen LogP contribution in [-0.2, 0) is 0 Å². The number of nitrogens with one attached hydrogen (secondary N) is 1. The number of ether oxygens (including phenoxy) is 2. The molecule has 100 valence electrons. The van der Waals surface area contributed by atoms with Crippen molar-refractivity contribution >= 4 is 21.7 Å². The molecular formula is C12H11BrFN3O2. The minimum atomic E-state index is -0.363. The first-order valence-corrected chi connectivity index (χ1v) is 6.14. The van der Waals surface area contributed by atoms with Gasteiger partial charge in [0, 0.05) is 7.05 Å². The molecule has 1 N–H and O–H groups in total. The summed E-state index contributed by atoms with van der Waals surface area (Å²) in [5.74, 6) is 1.21. The summed E-state index contributed by atoms with van der Waals surface area (Å²) in [6, 6.07) is 4.31. The molecule has 1 aromatic heterocycles. The lowest BCUT2D eigenvalue weighted by atomic mass is 10.3. The quantitative estimate of drug-likeness (QED) is 0.934. The minimum absolute atomic E-state index is 0.250. The highest BCUT2D eigenvalue weighted by Crippen LogP contribution is 2.34. The molecule has 0 radical (unpaired) electrons. The molecule has 0 bridgehead atoms. The summed E-state index contributed by atoms with van der Waals surface area (Å²) in [6.07, 6.45) is 1.35. The molecule has 0 aliphatic rings. The largest absolute Gasteiger partial charge is 0.489 e. The zero-order valence-electron chi connectivity index (χ0n) is 10.3. The van der Waals surface area contributed by atoms with Crippen molar-refractivity contribution in [3.63, 3.8) is 0 Å². The number of hydrogen-bond donors (Lipinski definition) is 1. The van der Waals surface area contributed by atoms with E-state index < -0.39 is 0 Å². The molecule has 7 heteroatoms. The van der Waals surface area contributed by atoms with Crippen LogP contribution in [0.3, 0.4) is 0 Å². The number of anilines is 1. The van der Waals surface area contributed by atoms with Crippen molar-refractivity contribution in [3.05, 3.63) is 34.8 Å². The molecule has 0 unspecified atom stereocenters. The third-order valence-corrected chi connectivity index (χ3v) is 2.93. The molecule has 0 saturated carbocycles. The lowest BCUT2D eigenvalue weighted by Gasteiger charge is -2.11. The monoisotopic (exact) mass is 327 g/mol. The highest BCUT2D eigenvalue weighted by atomic mass is 79.9. The van der Waals surface area contributed by atoms with Crippen LogP contribution in [0.4, 0.5) is 10.2 Å². The van der Waals surface area contributed by atoms with E-state index in [1.807, 2.05) is 0 Å². The van der Waals surface area contributed by atoms with E-state index >= 15 is 0 Å². The van der Waals surface area contributed by atoms with Crippen LogP contribution in [-0.4, -0.2) is 24.1 Å². The zero-order valence-corrected chi connectivity index (χ0v) is 11.9. The summed E-state index contributed by atoms with van der Waals surface area (Å²) in [6.45, 7) is 0. The Morgan fingerprint density at radius 2 is 2.11 bits per heavy atom. The molecule has 0 saturated heterocycles. The van der Waals surface area contributed by atoms with Gasteiger partial charge in [-0.3, -0.25) is 0 Å². The van der Waals surface area contributed by atoms with Crippen molar-refractivity contribution < 1.29 is 13.9 Å². The van der Waals surface area contributed by atoms with Crippen LogP contribution in [0, 0.1) is 5.82 Å². The Morgan fingerprint density at radius 1 is 1.32 bits per heavy atom. The smallest absolute Gasteiger partial charge is 0.268 e. The normalized spacial score (nSPS) is 10.1. The van der Waals surface area contributed by atoms with Crippen molar-refractivity contribution in [3.8, 4) is 17.4 Å². The third-order valence-electron chi connectivity index (χ3n) is 2.32. The van der Waals surface area contributed by atoms with Crippen molar-refractivity contribution in [2.24, 2.45) is 0 Å². The van der Waals surface area contributed by atoms with Gasteiger partial charge in [-0.25, -0.2) is 9.37 Å². The maximum absolute atomic E-state index is 13.1. The number of nitrogens with zero attached hydrogens (tertiary/aromatic N) is 2. The molecular weight excluding hydrogens is 317 g/mol. The summed E-state index contributed by atoms with van der Waals surface area (Å²) in [5.41, 5.74) is 0. The van der Waals surface area contributed by atoms with Gasteiger partial charge in [0.15, 0.2) is 5.82 Å². The fraction of sp³-hybridized carbons (Fsp3) is 0.167. The highest BCUT2D eigenvalue weighted by Gasteiger charge is 2.13. The van der Waals surface area contributed by atoms with Gasteiger partial charge in [0.2, 0.25) is 5.75 Å². The van der Waals surface area contributed by atoms with E-state index in [-0.39, 0.29) is 11.7 Å². The maximum Gasteiger partial charge on any atom is 0.268 e. The Hall–Kier alpha value is -1.89. The Morgan fingerprint density at radius 3 is 2.74 bits per heavy atom. The van der Waals surface area contributed by atoms with Crippen LogP contribution >= 0.6 is 15.9 Å². The first-order chi connectivity index (χ1) is 9.15. The minimum Gasteiger partial charge on any atom is -0.489 e. The number of aromatic nitrogens is 2. The van der Waals surface area contributed by atoms with Crippen molar-refractivity contribution in [1.82, 2.24) is 9.97 Å². The lowest BCUT2D eigenvalue weighted by molar-refractivity contribution is 0.369. The molecule has 0 aliphatic heterocycles. The highest BCUT2D eigenvalue weighted by molar-refractivity contribution is 9.10. The molecule has 2 rings (SSSR count). The Labute approximate surface area is 117 Å². The van der Waals surface area contributed by atoms with Gasteiger partial charge in [0.25, 0.3) is 5.88 Å². The Bertz CT molecular complexity index is 595. The van der Waals surface area contributed by atoms with Gasteiger partial charge in [0.1, 0.15) is 17.9 Å². The van der Waals surface area contributed by atoms with Crippen LogP contribution in [0.25, 0.3) is 0 Å². The molecule has 0 amide bonds. The molecule has 0 atom stereocenters. The standard InChI is InChI=1S/C12H11BrFN3O2/c1-15-11-10(18-2)12(17-6-16-11)19-7-3-4-9(14)8(13)5-7/h3-6H,1-2H3,(H,15,16,17). The summed E-state index contributed by atoms with van der Waals surface area (Å²) >= 11 is 3.09. The van der Waals surface area contributed by atoms with E-state index in [1.165, 1.54) is 31.6 Å². The van der Waals surface area contributed by atoms with Gasteiger partial charge >= 0.3 is 0 Å². The number of methoxy groups -OCH3 is 1. The number of halogens is 2. The van der Waals surface area contributed by atoms with Crippen LogP contribution in [0.2, 0.25) is 0 Å². The van der Waals surface area contributed by atoms with E-state index in [0.717, 1.165) is 0 Å². The van der Waals surface area contributed by atoms with E-state index in [1.54, 1.807) is 7.05 Å². The first kappa shape index (κ1) is 13.5. The summed E-state index contributed by atoms with van der Waals surface area (Å²) < 4.78 is 24.2. The van der Waals surface area contributed by atoms with Gasteiger partial charge in [-0.2, -0.15) is 4.98 Å². The zero-order chi connectivity index (χ0) is 13.8. The van der Waals surface area contributed by atoms with E-state index in [4.69, 9.17) is 9.47 Å². The number of benzene rings is 1. The topological polar surface area (TPSA) is 56.3 Å². The molecule has 0 aliphatic carbocycles. The predicted molar refractivity (Wildman–Crippen MR) is 72.3 cm³/mol. The second kappa shape index (κ2) is 5.83. The molecule has 5 nitrogen and oxygen atoms in total.